The summed E-state index contributed by atoms with van der Waals surface area (Å²) in [5.41, 5.74) is 2.49. The first-order valence-corrected chi connectivity index (χ1v) is 12.3. The van der Waals surface area contributed by atoms with Crippen LogP contribution >= 0.6 is 0 Å². The number of hydrogen-bond donors (Lipinski definition) is 2. The zero-order valence-electron chi connectivity index (χ0n) is 17.8. The number of carbonyl (C=O) groups excluding carboxylic acids is 1. The number of rotatable bonds is 6. The molecule has 0 radical (unpaired) electrons. The zero-order chi connectivity index (χ0) is 22.7. The standard InChI is InChI=1S/C21H26FN5O4S/c1-14-11-31-10-9-27(14)20-17-12-32(29,30)13-18(17)25-19(26-20)15-3-5-16(6-4-15)24-21(28)23-8-2-7-22/h3-6,14H,2,7-13H2,1H3,(H2,23,24,28). The summed E-state index contributed by atoms with van der Waals surface area (Å²) in [7, 11) is -3.25. The Hall–Kier alpha value is -2.79. The molecule has 172 valence electrons. The van der Waals surface area contributed by atoms with Crippen LogP contribution in [0.1, 0.15) is 24.6 Å². The van der Waals surface area contributed by atoms with Gasteiger partial charge in [-0.2, -0.15) is 0 Å². The van der Waals surface area contributed by atoms with Crippen LogP contribution in [0.5, 0.6) is 0 Å². The van der Waals surface area contributed by atoms with Crippen molar-refractivity contribution in [1.29, 1.82) is 0 Å². The molecule has 3 heterocycles. The van der Waals surface area contributed by atoms with Crippen molar-refractivity contribution < 1.29 is 22.3 Å². The van der Waals surface area contributed by atoms with Crippen molar-refractivity contribution in [3.8, 4) is 11.4 Å². The van der Waals surface area contributed by atoms with E-state index in [-0.39, 0.29) is 30.5 Å². The number of fused-ring (bicyclic) bond motifs is 1. The number of anilines is 2. The molecule has 2 aliphatic heterocycles. The molecule has 9 nitrogen and oxygen atoms in total. The van der Waals surface area contributed by atoms with E-state index in [2.05, 4.69) is 20.5 Å². The molecular weight excluding hydrogens is 437 g/mol. The van der Waals surface area contributed by atoms with E-state index >= 15 is 0 Å². The summed E-state index contributed by atoms with van der Waals surface area (Å²) in [6.45, 7) is 3.53. The highest BCUT2D eigenvalue weighted by Crippen LogP contribution is 2.34. The summed E-state index contributed by atoms with van der Waals surface area (Å²) in [6, 6.07) is 6.64. The number of urea groups is 1. The molecule has 4 rings (SSSR count). The second kappa shape index (κ2) is 9.37. The normalized spacial score (nSPS) is 19.4. The third kappa shape index (κ3) is 4.99. The summed E-state index contributed by atoms with van der Waals surface area (Å²) in [5, 5.41) is 5.26. The minimum Gasteiger partial charge on any atom is -0.377 e. The molecule has 0 bridgehead atoms. The fourth-order valence-electron chi connectivity index (χ4n) is 3.82. The molecule has 2 amide bonds. The number of benzene rings is 1. The number of sulfone groups is 1. The molecule has 0 spiro atoms. The van der Waals surface area contributed by atoms with Gasteiger partial charge in [-0.1, -0.05) is 0 Å². The van der Waals surface area contributed by atoms with Crippen LogP contribution in [0, 0.1) is 0 Å². The Kier molecular flexibility index (Phi) is 6.56. The average Bonchev–Trinajstić information content (AvgIpc) is 3.08. The van der Waals surface area contributed by atoms with Crippen molar-refractivity contribution in [2.45, 2.75) is 30.9 Å². The van der Waals surface area contributed by atoms with Gasteiger partial charge in [-0.25, -0.2) is 23.2 Å². The molecule has 32 heavy (non-hydrogen) atoms. The summed E-state index contributed by atoms with van der Waals surface area (Å²) in [4.78, 5) is 23.2. The Labute approximate surface area is 186 Å². The number of morpholine rings is 1. The highest BCUT2D eigenvalue weighted by atomic mass is 32.2. The van der Waals surface area contributed by atoms with Crippen molar-refractivity contribution in [2.24, 2.45) is 0 Å². The van der Waals surface area contributed by atoms with E-state index in [1.165, 1.54) is 0 Å². The van der Waals surface area contributed by atoms with Crippen LogP contribution in [0.3, 0.4) is 0 Å². The first kappa shape index (κ1) is 22.4. The summed E-state index contributed by atoms with van der Waals surface area (Å²) >= 11 is 0. The Morgan fingerprint density at radius 2 is 2.03 bits per heavy atom. The molecule has 2 N–H and O–H groups in total. The smallest absolute Gasteiger partial charge is 0.319 e. The Bertz CT molecular complexity index is 1090. The van der Waals surface area contributed by atoms with E-state index in [1.807, 2.05) is 6.92 Å². The molecule has 11 heteroatoms. The monoisotopic (exact) mass is 463 g/mol. The van der Waals surface area contributed by atoms with Crippen molar-refractivity contribution in [3.05, 3.63) is 35.5 Å². The lowest BCUT2D eigenvalue weighted by molar-refractivity contribution is 0.0984. The Balaban J connectivity index is 1.60. The van der Waals surface area contributed by atoms with Crippen molar-refractivity contribution in [2.75, 3.05) is 43.2 Å². The number of nitrogens with one attached hydrogen (secondary N) is 2. The van der Waals surface area contributed by atoms with Crippen LogP contribution in [0.4, 0.5) is 20.7 Å². The van der Waals surface area contributed by atoms with Crippen LogP contribution in [0.15, 0.2) is 24.3 Å². The molecule has 1 aromatic carbocycles. The maximum atomic E-state index is 12.3. The average molecular weight is 464 g/mol. The number of hydrogen-bond acceptors (Lipinski definition) is 7. The van der Waals surface area contributed by atoms with Crippen LogP contribution in [0.2, 0.25) is 0 Å². The van der Waals surface area contributed by atoms with E-state index in [1.54, 1.807) is 24.3 Å². The molecule has 1 atom stereocenters. The predicted molar refractivity (Wildman–Crippen MR) is 119 cm³/mol. The molecule has 1 unspecified atom stereocenters. The maximum absolute atomic E-state index is 12.3. The van der Waals surface area contributed by atoms with Crippen LogP contribution in [-0.2, 0) is 26.1 Å². The molecule has 1 fully saturated rings. The van der Waals surface area contributed by atoms with E-state index < -0.39 is 22.5 Å². The molecule has 2 aromatic rings. The van der Waals surface area contributed by atoms with E-state index in [9.17, 15) is 17.6 Å². The highest BCUT2D eigenvalue weighted by molar-refractivity contribution is 7.90. The number of alkyl halides is 1. The van der Waals surface area contributed by atoms with Crippen molar-refractivity contribution in [1.82, 2.24) is 15.3 Å². The van der Waals surface area contributed by atoms with Crippen LogP contribution in [-0.4, -0.2) is 63.4 Å². The minimum absolute atomic E-state index is 0.0532. The number of carbonyl (C=O) groups is 1. The lowest BCUT2D eigenvalue weighted by Gasteiger charge is -2.35. The minimum atomic E-state index is -3.25. The topological polar surface area (TPSA) is 114 Å². The van der Waals surface area contributed by atoms with Gasteiger partial charge in [0.05, 0.1) is 43.1 Å². The molecule has 1 saturated heterocycles. The van der Waals surface area contributed by atoms with Gasteiger partial charge in [0.25, 0.3) is 0 Å². The van der Waals surface area contributed by atoms with Gasteiger partial charge in [0.2, 0.25) is 0 Å². The molecule has 2 aliphatic rings. The Morgan fingerprint density at radius 3 is 2.75 bits per heavy atom. The maximum Gasteiger partial charge on any atom is 0.319 e. The van der Waals surface area contributed by atoms with Gasteiger partial charge in [-0.3, -0.25) is 4.39 Å². The van der Waals surface area contributed by atoms with E-state index in [0.717, 1.165) is 0 Å². The third-order valence-electron chi connectivity index (χ3n) is 5.43. The van der Waals surface area contributed by atoms with E-state index in [4.69, 9.17) is 9.72 Å². The first-order chi connectivity index (χ1) is 15.4. The quantitative estimate of drug-likeness (QED) is 0.632. The van der Waals surface area contributed by atoms with Crippen molar-refractivity contribution in [3.63, 3.8) is 0 Å². The molecular formula is C21H26FN5O4S. The summed E-state index contributed by atoms with van der Waals surface area (Å²) in [5.74, 6) is 0.940. The number of nitrogens with zero attached hydrogens (tertiary/aromatic N) is 3. The molecule has 1 aromatic heterocycles. The lowest BCUT2D eigenvalue weighted by atomic mass is 10.1. The molecule has 0 saturated carbocycles. The Morgan fingerprint density at radius 1 is 1.25 bits per heavy atom. The second-order valence-electron chi connectivity index (χ2n) is 7.95. The number of amides is 2. The van der Waals surface area contributed by atoms with Crippen LogP contribution < -0.4 is 15.5 Å². The fraction of sp³-hybridized carbons (Fsp3) is 0.476. The number of ether oxygens (including phenoxy) is 1. The SMILES string of the molecule is CC1COCCN1c1nc(-c2ccc(NC(=O)NCCCF)cc2)nc2c1CS(=O)(=O)C2. The van der Waals surface area contributed by atoms with Gasteiger partial charge >= 0.3 is 6.03 Å². The largest absolute Gasteiger partial charge is 0.377 e. The van der Waals surface area contributed by atoms with Crippen LogP contribution in [0.25, 0.3) is 11.4 Å². The van der Waals surface area contributed by atoms with E-state index in [0.29, 0.717) is 53.9 Å². The lowest BCUT2D eigenvalue weighted by Crippen LogP contribution is -2.44. The van der Waals surface area contributed by atoms with Gasteiger partial charge in [0.15, 0.2) is 15.7 Å². The highest BCUT2D eigenvalue weighted by Gasteiger charge is 2.34. The third-order valence-corrected chi connectivity index (χ3v) is 6.87. The number of aromatic nitrogens is 2. The summed E-state index contributed by atoms with van der Waals surface area (Å²) < 4.78 is 42.3. The van der Waals surface area contributed by atoms with Gasteiger partial charge in [-0.15, -0.1) is 0 Å². The predicted octanol–water partition coefficient (Wildman–Crippen LogP) is 2.28. The van der Waals surface area contributed by atoms with Crippen molar-refractivity contribution >= 4 is 27.4 Å². The second-order valence-corrected chi connectivity index (χ2v) is 10.0. The zero-order valence-corrected chi connectivity index (χ0v) is 18.6. The van der Waals surface area contributed by atoms with Gasteiger partial charge in [-0.05, 0) is 37.6 Å². The van der Waals surface area contributed by atoms with Gasteiger partial charge < -0.3 is 20.3 Å². The number of halogens is 1. The molecule has 0 aliphatic carbocycles. The fourth-order valence-corrected chi connectivity index (χ4v) is 5.31. The van der Waals surface area contributed by atoms with Gasteiger partial charge in [0.1, 0.15) is 5.82 Å². The van der Waals surface area contributed by atoms with Gasteiger partial charge in [0, 0.05) is 29.9 Å². The summed E-state index contributed by atoms with van der Waals surface area (Å²) in [6.07, 6.45) is 0.266. The first-order valence-electron chi connectivity index (χ1n) is 10.5.